The first-order chi connectivity index (χ1) is 5.95. The maximum absolute atomic E-state index is 11.2. The molecule has 0 aliphatic carbocycles. The summed E-state index contributed by atoms with van der Waals surface area (Å²) in [6.45, 7) is 4.63. The number of aliphatic hydroxyl groups is 1. The van der Waals surface area contributed by atoms with Crippen LogP contribution in [0.4, 0.5) is 0 Å². The molecule has 0 aromatic rings. The van der Waals surface area contributed by atoms with E-state index >= 15 is 0 Å². The van der Waals surface area contributed by atoms with Crippen molar-refractivity contribution in [1.29, 1.82) is 0 Å². The smallest absolute Gasteiger partial charge is 0.220 e. The summed E-state index contributed by atoms with van der Waals surface area (Å²) in [6.07, 6.45) is -0.200. The summed E-state index contributed by atoms with van der Waals surface area (Å²) < 4.78 is 0. The number of aliphatic hydroxyl groups excluding tert-OH is 1. The van der Waals surface area contributed by atoms with Gasteiger partial charge in [0.2, 0.25) is 5.91 Å². The summed E-state index contributed by atoms with van der Waals surface area (Å²) in [6, 6.07) is -0.672. The second-order valence-corrected chi connectivity index (χ2v) is 3.60. The van der Waals surface area contributed by atoms with E-state index in [4.69, 9.17) is 0 Å². The van der Waals surface area contributed by atoms with Crippen LogP contribution in [-0.2, 0) is 9.59 Å². The predicted molar refractivity (Wildman–Crippen MR) is 47.1 cm³/mol. The first kappa shape index (κ1) is 10.2. The molecule has 1 heterocycles. The van der Waals surface area contributed by atoms with Gasteiger partial charge in [-0.15, -0.1) is 0 Å². The predicted octanol–water partition coefficient (Wildman–Crippen LogP) is -0.0544. The van der Waals surface area contributed by atoms with Gasteiger partial charge in [-0.1, -0.05) is 0 Å². The maximum Gasteiger partial charge on any atom is 0.220 e. The lowest BCUT2D eigenvalue weighted by Gasteiger charge is -2.25. The molecule has 0 saturated carbocycles. The summed E-state index contributed by atoms with van der Waals surface area (Å²) >= 11 is 0. The summed E-state index contributed by atoms with van der Waals surface area (Å²) in [5.41, 5.74) is 0. The van der Waals surface area contributed by atoms with Crippen LogP contribution in [-0.4, -0.2) is 39.9 Å². The molecule has 74 valence electrons. The second kappa shape index (κ2) is 3.46. The first-order valence-corrected chi connectivity index (χ1v) is 4.42. The van der Waals surface area contributed by atoms with E-state index < -0.39 is 12.1 Å². The van der Waals surface area contributed by atoms with Crippen LogP contribution >= 0.6 is 0 Å². The van der Waals surface area contributed by atoms with Crippen LogP contribution in [0.3, 0.4) is 0 Å². The topological polar surface area (TPSA) is 57.6 Å². The number of carbonyl (C=O) groups excluding carboxylic acids is 2. The molecule has 4 heteroatoms. The third kappa shape index (κ3) is 1.72. The van der Waals surface area contributed by atoms with Crippen molar-refractivity contribution < 1.29 is 14.7 Å². The van der Waals surface area contributed by atoms with Gasteiger partial charge in [-0.3, -0.25) is 9.59 Å². The van der Waals surface area contributed by atoms with Crippen LogP contribution in [0.5, 0.6) is 0 Å². The van der Waals surface area contributed by atoms with E-state index in [2.05, 4.69) is 0 Å². The number of carbonyl (C=O) groups is 2. The van der Waals surface area contributed by atoms with Crippen molar-refractivity contribution in [3.05, 3.63) is 0 Å². The number of amides is 1. The van der Waals surface area contributed by atoms with Crippen molar-refractivity contribution in [3.8, 4) is 0 Å². The van der Waals surface area contributed by atoms with E-state index in [-0.39, 0.29) is 17.7 Å². The Morgan fingerprint density at radius 2 is 1.92 bits per heavy atom. The maximum atomic E-state index is 11.2. The van der Waals surface area contributed by atoms with Gasteiger partial charge in [-0.2, -0.15) is 0 Å². The number of hydrogen-bond acceptors (Lipinski definition) is 3. The first-order valence-electron chi connectivity index (χ1n) is 4.42. The van der Waals surface area contributed by atoms with Gasteiger partial charge in [-0.25, -0.2) is 0 Å². The molecule has 1 aliphatic rings. The van der Waals surface area contributed by atoms with Crippen LogP contribution in [0.15, 0.2) is 0 Å². The third-order valence-corrected chi connectivity index (χ3v) is 2.63. The highest BCUT2D eigenvalue weighted by atomic mass is 16.3. The van der Waals surface area contributed by atoms with Crippen LogP contribution in [0, 0.1) is 0 Å². The van der Waals surface area contributed by atoms with Gasteiger partial charge < -0.3 is 10.0 Å². The largest absolute Gasteiger partial charge is 0.391 e. The lowest BCUT2D eigenvalue weighted by atomic mass is 10.1. The Labute approximate surface area is 77.5 Å². The number of ketones is 1. The molecule has 1 amide bonds. The molecule has 1 saturated heterocycles. The molecular formula is C9H15NO3. The molecule has 3 unspecified atom stereocenters. The van der Waals surface area contributed by atoms with Gasteiger partial charge in [0, 0.05) is 13.3 Å². The molecule has 0 bridgehead atoms. The van der Waals surface area contributed by atoms with E-state index in [9.17, 15) is 14.7 Å². The Morgan fingerprint density at radius 3 is 2.23 bits per heavy atom. The van der Waals surface area contributed by atoms with Gasteiger partial charge in [0.15, 0.2) is 5.78 Å². The van der Waals surface area contributed by atoms with Crippen molar-refractivity contribution in [2.24, 2.45) is 0 Å². The minimum absolute atomic E-state index is 0.0569. The Balaban J connectivity index is 2.86. The zero-order chi connectivity index (χ0) is 10.2. The molecule has 0 aromatic carbocycles. The highest BCUT2D eigenvalue weighted by molar-refractivity contribution is 5.87. The average molecular weight is 185 g/mol. The summed E-state index contributed by atoms with van der Waals surface area (Å²) in [5.74, 6) is -0.206. The summed E-state index contributed by atoms with van der Waals surface area (Å²) in [4.78, 5) is 23.8. The van der Waals surface area contributed by atoms with Crippen molar-refractivity contribution in [3.63, 3.8) is 0 Å². The fourth-order valence-corrected chi connectivity index (χ4v) is 1.88. The van der Waals surface area contributed by atoms with E-state index in [0.717, 1.165) is 0 Å². The second-order valence-electron chi connectivity index (χ2n) is 3.60. The fourth-order valence-electron chi connectivity index (χ4n) is 1.88. The van der Waals surface area contributed by atoms with Gasteiger partial charge in [0.05, 0.1) is 18.2 Å². The quantitative estimate of drug-likeness (QED) is 0.623. The SMILES string of the molecule is CC(=O)C1CC(O)C(C)N1C(C)=O. The Hall–Kier alpha value is -0.900. The molecular weight excluding hydrogens is 170 g/mol. The number of hydrogen-bond donors (Lipinski definition) is 1. The van der Waals surface area contributed by atoms with Crippen LogP contribution < -0.4 is 0 Å². The molecule has 3 atom stereocenters. The van der Waals surface area contributed by atoms with E-state index in [1.807, 2.05) is 0 Å². The Kier molecular flexibility index (Phi) is 2.71. The molecule has 1 aliphatic heterocycles. The molecule has 1 N–H and O–H groups in total. The molecule has 1 rings (SSSR count). The monoisotopic (exact) mass is 185 g/mol. The van der Waals surface area contributed by atoms with Gasteiger partial charge in [-0.05, 0) is 13.8 Å². The third-order valence-electron chi connectivity index (χ3n) is 2.63. The zero-order valence-electron chi connectivity index (χ0n) is 8.15. The number of rotatable bonds is 1. The van der Waals surface area contributed by atoms with E-state index in [0.29, 0.717) is 6.42 Å². The average Bonchev–Trinajstić information content (AvgIpc) is 2.28. The number of Topliss-reactive ketones (excluding diaryl/α,β-unsaturated/α-hetero) is 1. The summed E-state index contributed by atoms with van der Waals surface area (Å²) in [7, 11) is 0. The van der Waals surface area contributed by atoms with Crippen LogP contribution in [0.1, 0.15) is 27.2 Å². The molecule has 4 nitrogen and oxygen atoms in total. The van der Waals surface area contributed by atoms with Crippen molar-refractivity contribution in [2.45, 2.75) is 45.4 Å². The van der Waals surface area contributed by atoms with Crippen molar-refractivity contribution in [2.75, 3.05) is 0 Å². The highest BCUT2D eigenvalue weighted by Gasteiger charge is 2.41. The number of nitrogens with zero attached hydrogens (tertiary/aromatic N) is 1. The minimum Gasteiger partial charge on any atom is -0.391 e. The van der Waals surface area contributed by atoms with Crippen LogP contribution in [0.25, 0.3) is 0 Å². The van der Waals surface area contributed by atoms with E-state index in [1.165, 1.54) is 18.7 Å². The molecule has 0 aromatic heterocycles. The van der Waals surface area contributed by atoms with Crippen molar-refractivity contribution in [1.82, 2.24) is 4.90 Å². The fraction of sp³-hybridized carbons (Fsp3) is 0.778. The van der Waals surface area contributed by atoms with Gasteiger partial charge in [0.25, 0.3) is 0 Å². The lowest BCUT2D eigenvalue weighted by molar-refractivity contribution is -0.137. The summed E-state index contributed by atoms with van der Waals surface area (Å²) in [5, 5.41) is 9.49. The van der Waals surface area contributed by atoms with E-state index in [1.54, 1.807) is 6.92 Å². The zero-order valence-corrected chi connectivity index (χ0v) is 8.15. The van der Waals surface area contributed by atoms with Gasteiger partial charge >= 0.3 is 0 Å². The standard InChI is InChI=1S/C9H15NO3/c1-5-9(13)4-8(6(2)11)10(5)7(3)12/h5,8-9,13H,4H2,1-3H3. The molecule has 13 heavy (non-hydrogen) atoms. The molecule has 0 radical (unpaired) electrons. The van der Waals surface area contributed by atoms with Gasteiger partial charge in [0.1, 0.15) is 0 Å². The molecule has 0 spiro atoms. The van der Waals surface area contributed by atoms with Crippen LogP contribution in [0.2, 0.25) is 0 Å². The molecule has 1 fully saturated rings. The Morgan fingerprint density at radius 1 is 1.38 bits per heavy atom. The minimum atomic E-state index is -0.571. The lowest BCUT2D eigenvalue weighted by Crippen LogP contribution is -2.43. The number of likely N-dealkylation sites (tertiary alicyclic amines) is 1. The highest BCUT2D eigenvalue weighted by Crippen LogP contribution is 2.24. The Bertz CT molecular complexity index is 239. The normalized spacial score (nSPS) is 33.5. The van der Waals surface area contributed by atoms with Crippen molar-refractivity contribution >= 4 is 11.7 Å².